The van der Waals surface area contributed by atoms with Crippen LogP contribution in [0.2, 0.25) is 0 Å². The van der Waals surface area contributed by atoms with Gasteiger partial charge in [0.25, 0.3) is 5.91 Å². The molecule has 1 N–H and O–H groups in total. The average molecular weight is 398 g/mol. The summed E-state index contributed by atoms with van der Waals surface area (Å²) in [4.78, 5) is 37.9. The molecule has 0 aromatic heterocycles. The predicted octanol–water partition coefficient (Wildman–Crippen LogP) is 1.42. The van der Waals surface area contributed by atoms with Crippen molar-refractivity contribution >= 4 is 27.6 Å². The van der Waals surface area contributed by atoms with Crippen LogP contribution in [0, 0.1) is 0 Å². The molecule has 1 saturated heterocycles. The monoisotopic (exact) mass is 398 g/mol. The number of fused-ring (bicyclic) bond motifs is 1. The summed E-state index contributed by atoms with van der Waals surface area (Å²) >= 11 is 0. The molecular formula is C20H18N2O5S. The Kier molecular flexibility index (Phi) is 4.50. The molecule has 7 nitrogen and oxygen atoms in total. The third-order valence-electron chi connectivity index (χ3n) is 5.05. The minimum absolute atomic E-state index is 0.192. The highest BCUT2D eigenvalue weighted by molar-refractivity contribution is 7.90. The van der Waals surface area contributed by atoms with Crippen molar-refractivity contribution < 1.29 is 22.8 Å². The number of carbonyl (C=O) groups excluding carboxylic acids is 3. The molecule has 1 atom stereocenters. The molecular weight excluding hydrogens is 380 g/mol. The Morgan fingerprint density at radius 2 is 1.79 bits per heavy atom. The molecule has 0 saturated carbocycles. The molecule has 2 aromatic carbocycles. The van der Waals surface area contributed by atoms with Crippen molar-refractivity contribution in [2.24, 2.45) is 0 Å². The summed E-state index contributed by atoms with van der Waals surface area (Å²) in [5.41, 5.74) is 1.67. The van der Waals surface area contributed by atoms with Gasteiger partial charge < -0.3 is 4.90 Å². The number of piperidine rings is 1. The van der Waals surface area contributed by atoms with Gasteiger partial charge in [0, 0.05) is 18.5 Å². The molecule has 0 radical (unpaired) electrons. The summed E-state index contributed by atoms with van der Waals surface area (Å²) in [5.74, 6) is -1.33. The summed E-state index contributed by atoms with van der Waals surface area (Å²) in [6, 6.07) is 12.5. The van der Waals surface area contributed by atoms with Crippen LogP contribution in [0.4, 0.5) is 0 Å². The molecule has 0 aliphatic carbocycles. The Balaban J connectivity index is 1.57. The van der Waals surface area contributed by atoms with E-state index in [-0.39, 0.29) is 35.4 Å². The van der Waals surface area contributed by atoms with Crippen molar-refractivity contribution in [3.8, 4) is 0 Å². The van der Waals surface area contributed by atoms with Crippen LogP contribution in [0.5, 0.6) is 0 Å². The molecule has 4 rings (SSSR count). The number of imide groups is 1. The van der Waals surface area contributed by atoms with Crippen LogP contribution in [0.1, 0.15) is 34.3 Å². The Morgan fingerprint density at radius 3 is 2.50 bits per heavy atom. The Hall–Kier alpha value is -3.00. The maximum absolute atomic E-state index is 12.8. The molecule has 3 amide bonds. The van der Waals surface area contributed by atoms with E-state index in [1.165, 1.54) is 4.90 Å². The summed E-state index contributed by atoms with van der Waals surface area (Å²) in [5, 5.41) is 2.26. The number of nitrogens with zero attached hydrogens (tertiary/aromatic N) is 1. The van der Waals surface area contributed by atoms with Crippen molar-refractivity contribution in [2.45, 2.75) is 36.1 Å². The van der Waals surface area contributed by atoms with Crippen molar-refractivity contribution in [1.82, 2.24) is 10.2 Å². The van der Waals surface area contributed by atoms with E-state index >= 15 is 0 Å². The fourth-order valence-electron chi connectivity index (χ4n) is 3.62. The summed E-state index contributed by atoms with van der Waals surface area (Å²) in [6.45, 7) is 0.270. The first-order valence-corrected chi connectivity index (χ1v) is 10.5. The molecule has 8 heteroatoms. The molecule has 2 heterocycles. The number of nitrogens with one attached hydrogen (secondary N) is 1. The second-order valence-corrected chi connectivity index (χ2v) is 8.95. The third kappa shape index (κ3) is 3.31. The number of amides is 3. The minimum atomic E-state index is -3.52. The topological polar surface area (TPSA) is 101 Å². The van der Waals surface area contributed by atoms with Crippen molar-refractivity contribution in [1.29, 1.82) is 0 Å². The van der Waals surface area contributed by atoms with E-state index in [0.717, 1.165) is 5.56 Å². The van der Waals surface area contributed by atoms with Crippen LogP contribution >= 0.6 is 0 Å². The lowest BCUT2D eigenvalue weighted by atomic mass is 10.0. The maximum Gasteiger partial charge on any atom is 0.255 e. The highest BCUT2D eigenvalue weighted by atomic mass is 32.2. The van der Waals surface area contributed by atoms with Crippen LogP contribution in [-0.2, 0) is 31.7 Å². The number of hydrogen-bond acceptors (Lipinski definition) is 5. The molecule has 144 valence electrons. The number of sulfone groups is 1. The van der Waals surface area contributed by atoms with Crippen LogP contribution in [0.25, 0.3) is 0 Å². The molecule has 0 bridgehead atoms. The fourth-order valence-corrected chi connectivity index (χ4v) is 4.98. The van der Waals surface area contributed by atoms with Crippen LogP contribution in [-0.4, -0.2) is 37.1 Å². The highest BCUT2D eigenvalue weighted by Crippen LogP contribution is 2.29. The van der Waals surface area contributed by atoms with Crippen molar-refractivity contribution in [3.05, 3.63) is 65.2 Å². The van der Waals surface area contributed by atoms with Gasteiger partial charge in [-0.3, -0.25) is 19.7 Å². The van der Waals surface area contributed by atoms with Crippen molar-refractivity contribution in [3.63, 3.8) is 0 Å². The average Bonchev–Trinajstić information content (AvgIpc) is 2.98. The Bertz CT molecular complexity index is 1080. The zero-order valence-electron chi connectivity index (χ0n) is 14.9. The molecule has 2 aliphatic rings. The Labute approximate surface area is 162 Å². The maximum atomic E-state index is 12.8. The van der Waals surface area contributed by atoms with Crippen LogP contribution in [0.3, 0.4) is 0 Å². The molecule has 2 aromatic rings. The van der Waals surface area contributed by atoms with E-state index in [0.29, 0.717) is 17.5 Å². The lowest BCUT2D eigenvalue weighted by Gasteiger charge is -2.29. The van der Waals surface area contributed by atoms with Gasteiger partial charge in [-0.05, 0) is 35.7 Å². The van der Waals surface area contributed by atoms with Gasteiger partial charge in [-0.25, -0.2) is 8.42 Å². The summed E-state index contributed by atoms with van der Waals surface area (Å²) in [7, 11) is -3.52. The number of carbonyl (C=O) groups is 3. The zero-order chi connectivity index (χ0) is 19.9. The summed E-state index contributed by atoms with van der Waals surface area (Å²) < 4.78 is 25.2. The molecule has 1 fully saturated rings. The first-order chi connectivity index (χ1) is 13.3. The highest BCUT2D eigenvalue weighted by Gasteiger charge is 2.39. The third-order valence-corrected chi connectivity index (χ3v) is 6.76. The van der Waals surface area contributed by atoms with Gasteiger partial charge >= 0.3 is 0 Å². The zero-order valence-corrected chi connectivity index (χ0v) is 15.7. The first-order valence-electron chi connectivity index (χ1n) is 8.89. The molecule has 0 spiro atoms. The first kappa shape index (κ1) is 18.4. The SMILES string of the molecule is O=C1CCC(N2Cc3ccc(CS(=O)(=O)c4ccccc4)cc3C2=O)C(=O)N1. The van der Waals surface area contributed by atoms with Crippen LogP contribution in [0.15, 0.2) is 53.4 Å². The summed E-state index contributed by atoms with van der Waals surface area (Å²) in [6.07, 6.45) is 0.483. The molecule has 1 unspecified atom stereocenters. The largest absolute Gasteiger partial charge is 0.322 e. The van der Waals surface area contributed by atoms with E-state index in [4.69, 9.17) is 0 Å². The van der Waals surface area contributed by atoms with E-state index in [1.807, 2.05) is 0 Å². The van der Waals surface area contributed by atoms with Gasteiger partial charge in [-0.1, -0.05) is 30.3 Å². The lowest BCUT2D eigenvalue weighted by molar-refractivity contribution is -0.136. The Morgan fingerprint density at radius 1 is 1.04 bits per heavy atom. The van der Waals surface area contributed by atoms with E-state index in [2.05, 4.69) is 5.32 Å². The van der Waals surface area contributed by atoms with Gasteiger partial charge in [0.2, 0.25) is 11.8 Å². The van der Waals surface area contributed by atoms with Crippen LogP contribution < -0.4 is 5.32 Å². The fraction of sp³-hybridized carbons (Fsp3) is 0.250. The number of hydrogen-bond donors (Lipinski definition) is 1. The van der Waals surface area contributed by atoms with E-state index < -0.39 is 21.8 Å². The predicted molar refractivity (Wildman–Crippen MR) is 99.8 cm³/mol. The standard InChI is InChI=1S/C20H18N2O5S/c23-18-9-8-17(19(24)21-18)22-11-14-7-6-13(10-16(14)20(22)25)12-28(26,27)15-4-2-1-3-5-15/h1-7,10,17H,8-9,11-12H2,(H,21,23,24). The number of benzene rings is 2. The van der Waals surface area contributed by atoms with Gasteiger partial charge in [-0.15, -0.1) is 0 Å². The quantitative estimate of drug-likeness (QED) is 0.785. The second-order valence-electron chi connectivity index (χ2n) is 6.96. The molecule has 28 heavy (non-hydrogen) atoms. The van der Waals surface area contributed by atoms with Crippen molar-refractivity contribution in [2.75, 3.05) is 0 Å². The molecule has 2 aliphatic heterocycles. The van der Waals surface area contributed by atoms with Gasteiger partial charge in [0.15, 0.2) is 9.84 Å². The second kappa shape index (κ2) is 6.87. The normalized spacial score (nSPS) is 19.5. The number of rotatable bonds is 4. The minimum Gasteiger partial charge on any atom is -0.322 e. The van der Waals surface area contributed by atoms with Gasteiger partial charge in [0.05, 0.1) is 10.6 Å². The lowest BCUT2D eigenvalue weighted by Crippen LogP contribution is -2.52. The smallest absolute Gasteiger partial charge is 0.255 e. The van der Waals surface area contributed by atoms with Gasteiger partial charge in [-0.2, -0.15) is 0 Å². The van der Waals surface area contributed by atoms with E-state index in [1.54, 1.807) is 48.5 Å². The van der Waals surface area contributed by atoms with E-state index in [9.17, 15) is 22.8 Å². The van der Waals surface area contributed by atoms with Gasteiger partial charge in [0.1, 0.15) is 6.04 Å².